The van der Waals surface area contributed by atoms with E-state index in [1.165, 1.54) is 0 Å². The van der Waals surface area contributed by atoms with E-state index in [0.717, 1.165) is 11.4 Å². The molecule has 1 atom stereocenters. The lowest BCUT2D eigenvalue weighted by Crippen LogP contribution is -2.28. The summed E-state index contributed by atoms with van der Waals surface area (Å²) < 4.78 is 7.20. The normalized spacial score (nSPS) is 16.2. The predicted molar refractivity (Wildman–Crippen MR) is 108 cm³/mol. The zero-order chi connectivity index (χ0) is 19.5. The topological polar surface area (TPSA) is 63.6 Å². The molecular formula is C22H21N3O3. The van der Waals surface area contributed by atoms with Gasteiger partial charge in [-0.3, -0.25) is 9.59 Å². The van der Waals surface area contributed by atoms with E-state index in [9.17, 15) is 9.59 Å². The third-order valence-corrected chi connectivity index (χ3v) is 4.88. The summed E-state index contributed by atoms with van der Waals surface area (Å²) in [6.45, 7) is 0.356. The molecule has 1 aromatic heterocycles. The largest absolute Gasteiger partial charge is 0.497 e. The molecule has 0 unspecified atom stereocenters. The molecule has 0 aliphatic carbocycles. The number of rotatable bonds is 5. The van der Waals surface area contributed by atoms with Gasteiger partial charge in [0.25, 0.3) is 0 Å². The third-order valence-electron chi connectivity index (χ3n) is 4.88. The Morgan fingerprint density at radius 3 is 2.57 bits per heavy atom. The lowest BCUT2D eigenvalue weighted by molar-refractivity contribution is -0.122. The molecule has 142 valence electrons. The number of benzene rings is 2. The van der Waals surface area contributed by atoms with Gasteiger partial charge in [0.15, 0.2) is 0 Å². The highest BCUT2D eigenvalue weighted by Gasteiger charge is 2.35. The van der Waals surface area contributed by atoms with Crippen LogP contribution in [0.3, 0.4) is 0 Å². The van der Waals surface area contributed by atoms with Crippen molar-refractivity contribution in [2.24, 2.45) is 5.92 Å². The molecule has 0 saturated carbocycles. The number of hydrogen-bond acceptors (Lipinski definition) is 3. The van der Waals surface area contributed by atoms with Gasteiger partial charge in [0.1, 0.15) is 5.75 Å². The maximum atomic E-state index is 12.7. The van der Waals surface area contributed by atoms with E-state index in [2.05, 4.69) is 5.32 Å². The van der Waals surface area contributed by atoms with Crippen LogP contribution in [0.15, 0.2) is 73.1 Å². The van der Waals surface area contributed by atoms with E-state index in [1.807, 2.05) is 71.6 Å². The summed E-state index contributed by atoms with van der Waals surface area (Å²) in [6, 6.07) is 18.8. The van der Waals surface area contributed by atoms with Crippen LogP contribution in [0.4, 0.5) is 11.4 Å². The van der Waals surface area contributed by atoms with E-state index in [-0.39, 0.29) is 18.2 Å². The van der Waals surface area contributed by atoms with E-state index in [0.29, 0.717) is 18.0 Å². The molecule has 1 fully saturated rings. The van der Waals surface area contributed by atoms with Crippen molar-refractivity contribution in [1.29, 1.82) is 0 Å². The molecule has 1 N–H and O–H groups in total. The summed E-state index contributed by atoms with van der Waals surface area (Å²) in [5.74, 6) is 0.0758. The Balaban J connectivity index is 1.46. The number of ether oxygens (including phenoxy) is 1. The Kier molecular flexibility index (Phi) is 4.85. The summed E-state index contributed by atoms with van der Waals surface area (Å²) in [4.78, 5) is 26.8. The highest BCUT2D eigenvalue weighted by Crippen LogP contribution is 2.28. The van der Waals surface area contributed by atoms with Crippen LogP contribution >= 0.6 is 0 Å². The monoisotopic (exact) mass is 375 g/mol. The zero-order valence-electron chi connectivity index (χ0n) is 15.5. The van der Waals surface area contributed by atoms with Crippen molar-refractivity contribution in [2.75, 3.05) is 23.9 Å². The second kappa shape index (κ2) is 7.60. The fourth-order valence-electron chi connectivity index (χ4n) is 3.41. The Hall–Kier alpha value is -3.54. The van der Waals surface area contributed by atoms with Crippen LogP contribution in [0, 0.1) is 5.92 Å². The van der Waals surface area contributed by atoms with E-state index in [4.69, 9.17) is 4.74 Å². The molecule has 1 aliphatic heterocycles. The second-order valence-corrected chi connectivity index (χ2v) is 6.74. The molecule has 2 heterocycles. The molecular weight excluding hydrogens is 354 g/mol. The molecule has 0 spiro atoms. The van der Waals surface area contributed by atoms with Gasteiger partial charge in [-0.25, -0.2) is 0 Å². The van der Waals surface area contributed by atoms with Crippen LogP contribution in [0.1, 0.15) is 6.42 Å². The van der Waals surface area contributed by atoms with Crippen LogP contribution in [-0.2, 0) is 9.59 Å². The van der Waals surface area contributed by atoms with Crippen molar-refractivity contribution in [2.45, 2.75) is 6.42 Å². The molecule has 0 bridgehead atoms. The number of methoxy groups -OCH3 is 1. The molecule has 6 heteroatoms. The van der Waals surface area contributed by atoms with Gasteiger partial charge < -0.3 is 19.5 Å². The van der Waals surface area contributed by atoms with Gasteiger partial charge in [0.2, 0.25) is 11.8 Å². The number of amides is 2. The summed E-state index contributed by atoms with van der Waals surface area (Å²) in [5, 5.41) is 2.95. The van der Waals surface area contributed by atoms with Gasteiger partial charge in [-0.15, -0.1) is 0 Å². The molecule has 3 aromatic rings. The first-order valence-electron chi connectivity index (χ1n) is 9.13. The number of hydrogen-bond donors (Lipinski definition) is 1. The Labute approximate surface area is 163 Å². The van der Waals surface area contributed by atoms with Crippen LogP contribution < -0.4 is 15.0 Å². The standard InChI is InChI=1S/C22H21N3O3/c1-28-20-9-5-8-19(14-20)25-15-16(12-21(25)26)22(27)23-17-6-4-7-18(13-17)24-10-2-3-11-24/h2-11,13-14,16H,12,15H2,1H3,(H,23,27)/t16-/m1/s1. The van der Waals surface area contributed by atoms with Crippen molar-refractivity contribution in [3.05, 3.63) is 73.1 Å². The smallest absolute Gasteiger partial charge is 0.229 e. The lowest BCUT2D eigenvalue weighted by atomic mass is 10.1. The second-order valence-electron chi connectivity index (χ2n) is 6.74. The third kappa shape index (κ3) is 3.62. The summed E-state index contributed by atoms with van der Waals surface area (Å²) in [5.41, 5.74) is 2.42. The zero-order valence-corrected chi connectivity index (χ0v) is 15.5. The van der Waals surface area contributed by atoms with Crippen LogP contribution in [0.2, 0.25) is 0 Å². The number of anilines is 2. The van der Waals surface area contributed by atoms with Gasteiger partial charge in [-0.05, 0) is 42.5 Å². The minimum atomic E-state index is -0.395. The van der Waals surface area contributed by atoms with Gasteiger partial charge in [0, 0.05) is 48.5 Å². The van der Waals surface area contributed by atoms with E-state index >= 15 is 0 Å². The number of nitrogens with zero attached hydrogens (tertiary/aromatic N) is 2. The fourth-order valence-corrected chi connectivity index (χ4v) is 3.41. The minimum Gasteiger partial charge on any atom is -0.497 e. The number of aromatic nitrogens is 1. The Morgan fingerprint density at radius 2 is 1.79 bits per heavy atom. The quantitative estimate of drug-likeness (QED) is 0.743. The van der Waals surface area contributed by atoms with E-state index in [1.54, 1.807) is 18.1 Å². The highest BCUT2D eigenvalue weighted by atomic mass is 16.5. The fraction of sp³-hybridized carbons (Fsp3) is 0.182. The summed E-state index contributed by atoms with van der Waals surface area (Å²) >= 11 is 0. The van der Waals surface area contributed by atoms with Crippen LogP contribution in [0.25, 0.3) is 5.69 Å². The van der Waals surface area contributed by atoms with Crippen molar-refractivity contribution in [3.8, 4) is 11.4 Å². The molecule has 1 saturated heterocycles. The first-order valence-corrected chi connectivity index (χ1v) is 9.13. The van der Waals surface area contributed by atoms with Gasteiger partial charge in [0.05, 0.1) is 13.0 Å². The average molecular weight is 375 g/mol. The Bertz CT molecular complexity index is 998. The maximum absolute atomic E-state index is 12.7. The van der Waals surface area contributed by atoms with Gasteiger partial charge >= 0.3 is 0 Å². The molecule has 4 rings (SSSR count). The van der Waals surface area contributed by atoms with Crippen LogP contribution in [0.5, 0.6) is 5.75 Å². The highest BCUT2D eigenvalue weighted by molar-refractivity contribution is 6.03. The van der Waals surface area contributed by atoms with Gasteiger partial charge in [-0.2, -0.15) is 0 Å². The van der Waals surface area contributed by atoms with E-state index < -0.39 is 5.92 Å². The summed E-state index contributed by atoms with van der Waals surface area (Å²) in [7, 11) is 1.59. The van der Waals surface area contributed by atoms with Crippen LogP contribution in [-0.4, -0.2) is 30.0 Å². The first kappa shape index (κ1) is 17.9. The number of carbonyl (C=O) groups excluding carboxylic acids is 2. The minimum absolute atomic E-state index is 0.0607. The lowest BCUT2D eigenvalue weighted by Gasteiger charge is -2.17. The predicted octanol–water partition coefficient (Wildman–Crippen LogP) is 3.48. The van der Waals surface area contributed by atoms with Gasteiger partial charge in [-0.1, -0.05) is 12.1 Å². The maximum Gasteiger partial charge on any atom is 0.229 e. The molecule has 0 radical (unpaired) electrons. The number of nitrogens with one attached hydrogen (secondary N) is 1. The SMILES string of the molecule is COc1cccc(N2C[C@H](C(=O)Nc3cccc(-n4cccc4)c3)CC2=O)c1. The molecule has 2 amide bonds. The Morgan fingerprint density at radius 1 is 1.04 bits per heavy atom. The number of carbonyl (C=O) groups is 2. The van der Waals surface area contributed by atoms with Crippen molar-refractivity contribution in [1.82, 2.24) is 4.57 Å². The first-order chi connectivity index (χ1) is 13.6. The van der Waals surface area contributed by atoms with Crippen molar-refractivity contribution in [3.63, 3.8) is 0 Å². The molecule has 2 aromatic carbocycles. The molecule has 28 heavy (non-hydrogen) atoms. The van der Waals surface area contributed by atoms with Crippen molar-refractivity contribution < 1.29 is 14.3 Å². The summed E-state index contributed by atoms with van der Waals surface area (Å²) in [6.07, 6.45) is 4.09. The molecule has 1 aliphatic rings. The van der Waals surface area contributed by atoms with Crippen molar-refractivity contribution >= 4 is 23.2 Å². The average Bonchev–Trinajstić information content (AvgIpc) is 3.38. The molecule has 6 nitrogen and oxygen atoms in total.